The molecular formula is C47H67N13O10S2. The van der Waals surface area contributed by atoms with Crippen molar-refractivity contribution in [3.05, 3.63) is 71.9 Å². The number of aliphatic imine (C=N–C) groups is 1. The Bertz CT molecular complexity index is 2420. The van der Waals surface area contributed by atoms with E-state index in [1.807, 2.05) is 18.2 Å². The van der Waals surface area contributed by atoms with E-state index in [1.165, 1.54) is 6.92 Å². The minimum absolute atomic E-state index is 0.0363. The van der Waals surface area contributed by atoms with Crippen LogP contribution in [0.25, 0.3) is 10.9 Å². The second kappa shape index (κ2) is 28.2. The maximum Gasteiger partial charge on any atom is 0.327 e. The van der Waals surface area contributed by atoms with Crippen LogP contribution < -0.4 is 60.2 Å². The summed E-state index contributed by atoms with van der Waals surface area (Å²) in [6.07, 6.45) is 1.75. The first-order valence-electron chi connectivity index (χ1n) is 23.4. The van der Waals surface area contributed by atoms with Crippen LogP contribution in [0.2, 0.25) is 0 Å². The predicted octanol–water partition coefficient (Wildman–Crippen LogP) is -0.927. The molecule has 0 bridgehead atoms. The summed E-state index contributed by atoms with van der Waals surface area (Å²) in [5, 5.41) is 29.8. The number of aromatic amines is 1. The number of para-hydroxylation sites is 1. The number of carboxylic acids is 1. The Morgan fingerprint density at radius 1 is 0.792 bits per heavy atom. The van der Waals surface area contributed by atoms with Gasteiger partial charge in [-0.1, -0.05) is 70.1 Å². The van der Waals surface area contributed by atoms with Crippen LogP contribution in [0.5, 0.6) is 0 Å². The molecule has 4 rings (SSSR count). The van der Waals surface area contributed by atoms with Crippen LogP contribution in [0.3, 0.4) is 0 Å². The number of rotatable bonds is 18. The number of H-pyrrole nitrogens is 1. The van der Waals surface area contributed by atoms with E-state index < -0.39 is 107 Å². The van der Waals surface area contributed by atoms with E-state index in [9.17, 15) is 48.3 Å². The third kappa shape index (κ3) is 18.4. The number of hydrogen-bond acceptors (Lipinski definition) is 13. The van der Waals surface area contributed by atoms with Crippen molar-refractivity contribution in [1.29, 1.82) is 0 Å². The Kier molecular flexibility index (Phi) is 22.6. The van der Waals surface area contributed by atoms with E-state index in [0.29, 0.717) is 30.5 Å². The Balaban J connectivity index is 1.83. The minimum Gasteiger partial charge on any atom is -0.480 e. The smallest absolute Gasteiger partial charge is 0.327 e. The average molecular weight is 1040 g/mol. The highest BCUT2D eigenvalue weighted by Gasteiger charge is 2.40. The summed E-state index contributed by atoms with van der Waals surface area (Å²) in [5.41, 5.74) is 24.3. The number of carbonyl (C=O) groups excluding carboxylic acids is 8. The number of primary amides is 1. The van der Waals surface area contributed by atoms with Crippen LogP contribution in [-0.4, -0.2) is 135 Å². The van der Waals surface area contributed by atoms with Crippen LogP contribution in [-0.2, 0) is 56.0 Å². The first-order chi connectivity index (χ1) is 34.2. The second-order valence-corrected chi connectivity index (χ2v) is 20.9. The number of amides is 8. The molecule has 23 nitrogen and oxygen atoms in total. The van der Waals surface area contributed by atoms with E-state index in [4.69, 9.17) is 22.9 Å². The molecule has 0 radical (unpaired) electrons. The molecule has 25 heteroatoms. The number of benzene rings is 2. The number of nitrogens with zero attached hydrogens (tertiary/aromatic N) is 1. The zero-order chi connectivity index (χ0) is 53.0. The Morgan fingerprint density at radius 3 is 2.06 bits per heavy atom. The SMILES string of the molecule is CC(=O)N[C@@H](CCCCN)C(=O)N[C@H]1CCSSC(C)(C)[C@@H](C(=O)O)NC(=O)[C@H](Cc2c[nH]c3ccccc23)NC(=O)[C@H](CCCN=C(N)N)NC(=O)[C@@H](Cc2ccccc2)NC(=O)[C@H](CC(N)=O)NC1=O. The lowest BCUT2D eigenvalue weighted by Gasteiger charge is -2.32. The third-order valence-electron chi connectivity index (χ3n) is 11.5. The van der Waals surface area contributed by atoms with Gasteiger partial charge in [-0.25, -0.2) is 4.79 Å². The number of carboxylic acid groups (broad SMARTS) is 1. The third-order valence-corrected chi connectivity index (χ3v) is 14.9. The number of hydrogen-bond donors (Lipinski definition) is 13. The normalized spacial score (nSPS) is 22.0. The van der Waals surface area contributed by atoms with Gasteiger partial charge in [0.05, 0.1) is 11.2 Å². The molecule has 17 N–H and O–H groups in total. The van der Waals surface area contributed by atoms with E-state index in [-0.39, 0.29) is 56.8 Å². The Morgan fingerprint density at radius 2 is 1.40 bits per heavy atom. The van der Waals surface area contributed by atoms with Crippen molar-refractivity contribution in [2.75, 3.05) is 18.8 Å². The highest BCUT2D eigenvalue weighted by molar-refractivity contribution is 8.77. The monoisotopic (exact) mass is 1040 g/mol. The predicted molar refractivity (Wildman–Crippen MR) is 274 cm³/mol. The molecule has 1 saturated heterocycles. The molecule has 72 heavy (non-hydrogen) atoms. The Labute approximate surface area is 424 Å². The molecule has 1 fully saturated rings. The fraction of sp³-hybridized carbons (Fsp3) is 0.489. The second-order valence-electron chi connectivity index (χ2n) is 17.8. The first-order valence-corrected chi connectivity index (χ1v) is 25.8. The summed E-state index contributed by atoms with van der Waals surface area (Å²) >= 11 is 0. The average Bonchev–Trinajstić information content (AvgIpc) is 3.73. The number of guanidine groups is 1. The summed E-state index contributed by atoms with van der Waals surface area (Å²) in [5.74, 6) is -8.30. The summed E-state index contributed by atoms with van der Waals surface area (Å²) in [7, 11) is 2.19. The molecule has 0 spiro atoms. The van der Waals surface area contributed by atoms with Gasteiger partial charge in [-0.3, -0.25) is 43.3 Å². The van der Waals surface area contributed by atoms with E-state index in [0.717, 1.165) is 32.5 Å². The lowest BCUT2D eigenvalue weighted by molar-refractivity contribution is -0.143. The fourth-order valence-corrected chi connectivity index (χ4v) is 10.5. The maximum atomic E-state index is 14.5. The van der Waals surface area contributed by atoms with Crippen molar-refractivity contribution < 1.29 is 48.3 Å². The minimum atomic E-state index is -1.69. The molecule has 2 aromatic carbocycles. The van der Waals surface area contributed by atoms with Gasteiger partial charge in [-0.15, -0.1) is 0 Å². The van der Waals surface area contributed by atoms with Crippen LogP contribution in [0.1, 0.15) is 76.8 Å². The van der Waals surface area contributed by atoms with Gasteiger partial charge in [0.2, 0.25) is 47.3 Å². The number of aromatic nitrogens is 1. The first kappa shape index (κ1) is 57.7. The van der Waals surface area contributed by atoms with Gasteiger partial charge < -0.3 is 70.2 Å². The summed E-state index contributed by atoms with van der Waals surface area (Å²) in [6.45, 7) is 4.76. The van der Waals surface area contributed by atoms with Crippen LogP contribution in [0.15, 0.2) is 65.8 Å². The quantitative estimate of drug-likeness (QED) is 0.0317. The molecule has 3 aromatic rings. The van der Waals surface area contributed by atoms with E-state index in [2.05, 4.69) is 47.2 Å². The van der Waals surface area contributed by atoms with Gasteiger partial charge in [0.1, 0.15) is 42.3 Å². The molecule has 392 valence electrons. The number of unbranched alkanes of at least 4 members (excludes halogenated alkanes) is 1. The highest BCUT2D eigenvalue weighted by Crippen LogP contribution is 2.39. The van der Waals surface area contributed by atoms with Crippen molar-refractivity contribution in [2.45, 2.75) is 126 Å². The molecule has 1 aromatic heterocycles. The zero-order valence-corrected chi connectivity index (χ0v) is 42.1. The number of nitrogens with two attached hydrogens (primary N) is 4. The van der Waals surface area contributed by atoms with Gasteiger partial charge >= 0.3 is 5.97 Å². The zero-order valence-electron chi connectivity index (χ0n) is 40.5. The molecule has 2 heterocycles. The molecule has 0 unspecified atom stereocenters. The standard InChI is InChI=1S/C47H67N13O10S2/c1-26(61)54-31(16-9-10-19-48)39(63)56-33-18-21-71-72-47(2,3)38(45(69)70)60-44(68)35(23-28-25-53-30-15-8-7-14-29(28)30)58-40(64)32(17-11-20-52-46(50)51)55-42(66)34(22-27-12-5-4-6-13-27)57-43(67)36(24-37(49)62)59-41(33)65/h4-8,12-15,25,31-36,38,53H,9-11,16-24,48H2,1-3H3,(H2,49,62)(H,54,61)(H,55,66)(H,56,63)(H,57,67)(H,58,64)(H,59,65)(H,60,68)(H,69,70)(H4,50,51,52)/t31-,32-,33-,34+,35-,36-,38+/m0/s1. The van der Waals surface area contributed by atoms with Crippen molar-refractivity contribution in [2.24, 2.45) is 27.9 Å². The molecule has 1 aliphatic rings. The topological polar surface area (TPSA) is 390 Å². The highest BCUT2D eigenvalue weighted by atomic mass is 33.1. The number of aliphatic carboxylic acids is 1. The van der Waals surface area contributed by atoms with Crippen molar-refractivity contribution in [3.63, 3.8) is 0 Å². The number of nitrogens with one attached hydrogen (secondary N) is 8. The maximum absolute atomic E-state index is 14.5. The summed E-state index contributed by atoms with van der Waals surface area (Å²) in [6, 6.07) is 5.75. The molecular weight excluding hydrogens is 971 g/mol. The fourth-order valence-electron chi connectivity index (χ4n) is 7.79. The van der Waals surface area contributed by atoms with E-state index >= 15 is 0 Å². The van der Waals surface area contributed by atoms with Gasteiger partial charge in [0, 0.05) is 49.2 Å². The van der Waals surface area contributed by atoms with Crippen LogP contribution in [0.4, 0.5) is 0 Å². The van der Waals surface area contributed by atoms with Crippen molar-refractivity contribution in [3.8, 4) is 0 Å². The molecule has 8 amide bonds. The molecule has 0 aliphatic carbocycles. The Hall–Kier alpha value is -6.86. The summed E-state index contributed by atoms with van der Waals surface area (Å²) in [4.78, 5) is 131. The van der Waals surface area contributed by atoms with Gasteiger partial charge in [0.15, 0.2) is 5.96 Å². The molecule has 0 saturated carbocycles. The van der Waals surface area contributed by atoms with Crippen LogP contribution in [0, 0.1) is 0 Å². The lowest BCUT2D eigenvalue weighted by atomic mass is 10.00. The van der Waals surface area contributed by atoms with Crippen LogP contribution >= 0.6 is 21.6 Å². The number of carbonyl (C=O) groups is 9. The van der Waals surface area contributed by atoms with Crippen molar-refractivity contribution in [1.82, 2.24) is 42.2 Å². The lowest BCUT2D eigenvalue weighted by Crippen LogP contribution is -2.61. The molecule has 1 aliphatic heterocycles. The largest absolute Gasteiger partial charge is 0.480 e. The van der Waals surface area contributed by atoms with Gasteiger partial charge in [-0.05, 0) is 76.1 Å². The van der Waals surface area contributed by atoms with Gasteiger partial charge in [-0.2, -0.15) is 0 Å². The van der Waals surface area contributed by atoms with E-state index in [1.54, 1.807) is 56.4 Å². The number of fused-ring (bicyclic) bond motifs is 1. The molecule has 7 atom stereocenters. The van der Waals surface area contributed by atoms with Gasteiger partial charge in [0.25, 0.3) is 0 Å². The summed E-state index contributed by atoms with van der Waals surface area (Å²) < 4.78 is -1.28. The van der Waals surface area contributed by atoms with Crippen molar-refractivity contribution >= 4 is 91.7 Å².